The summed E-state index contributed by atoms with van der Waals surface area (Å²) in [4.78, 5) is 11.8. The Bertz CT molecular complexity index is 899. The van der Waals surface area contributed by atoms with E-state index in [2.05, 4.69) is 29.0 Å². The van der Waals surface area contributed by atoms with Crippen LogP contribution in [0.15, 0.2) is 46.9 Å². The van der Waals surface area contributed by atoms with Crippen molar-refractivity contribution in [3.8, 4) is 0 Å². The SMILES string of the molecule is CC[C@@H]1CCCCCCCCc2cc1c(/C=C1\N=C(c3ccc[nH]3)C=C1OC)[nH]2. The van der Waals surface area contributed by atoms with Gasteiger partial charge in [0.25, 0.3) is 0 Å². The predicted octanol–water partition coefficient (Wildman–Crippen LogP) is 6.50. The molecule has 0 radical (unpaired) electrons. The lowest BCUT2D eigenvalue weighted by Crippen LogP contribution is -1.99. The first-order chi connectivity index (χ1) is 14.3. The van der Waals surface area contributed by atoms with Crippen LogP contribution in [0.25, 0.3) is 6.08 Å². The van der Waals surface area contributed by atoms with Crippen molar-refractivity contribution in [2.24, 2.45) is 4.99 Å². The summed E-state index contributed by atoms with van der Waals surface area (Å²) >= 11 is 0. The first kappa shape index (κ1) is 19.8. The minimum absolute atomic E-state index is 0.606. The predicted molar refractivity (Wildman–Crippen MR) is 120 cm³/mol. The van der Waals surface area contributed by atoms with Crippen LogP contribution in [0.2, 0.25) is 0 Å². The number of aliphatic imine (C=N–C) groups is 1. The minimum Gasteiger partial charge on any atom is -0.494 e. The van der Waals surface area contributed by atoms with Gasteiger partial charge in [-0.25, -0.2) is 4.99 Å². The van der Waals surface area contributed by atoms with Gasteiger partial charge in [-0.05, 0) is 61.4 Å². The van der Waals surface area contributed by atoms with Crippen LogP contribution in [0, 0.1) is 0 Å². The average Bonchev–Trinajstić information content (AvgIpc) is 3.46. The number of aromatic nitrogens is 2. The van der Waals surface area contributed by atoms with Crippen LogP contribution < -0.4 is 0 Å². The number of allylic oxidation sites excluding steroid dienone is 1. The van der Waals surface area contributed by atoms with Crippen molar-refractivity contribution in [3.63, 3.8) is 0 Å². The van der Waals surface area contributed by atoms with Gasteiger partial charge in [-0.15, -0.1) is 0 Å². The van der Waals surface area contributed by atoms with Gasteiger partial charge < -0.3 is 14.7 Å². The summed E-state index contributed by atoms with van der Waals surface area (Å²) in [6, 6.07) is 6.45. The molecule has 0 fully saturated rings. The van der Waals surface area contributed by atoms with Gasteiger partial charge >= 0.3 is 0 Å². The number of methoxy groups -OCH3 is 1. The van der Waals surface area contributed by atoms with E-state index in [4.69, 9.17) is 9.73 Å². The lowest BCUT2D eigenvalue weighted by Gasteiger charge is -2.15. The van der Waals surface area contributed by atoms with Crippen LogP contribution in [0.1, 0.15) is 86.9 Å². The molecule has 4 nitrogen and oxygen atoms in total. The van der Waals surface area contributed by atoms with E-state index in [1.54, 1.807) is 7.11 Å². The zero-order valence-electron chi connectivity index (χ0n) is 17.8. The Labute approximate surface area is 174 Å². The molecule has 0 saturated carbocycles. The minimum atomic E-state index is 0.606. The van der Waals surface area contributed by atoms with Gasteiger partial charge in [-0.1, -0.05) is 39.0 Å². The number of aromatic amines is 2. The van der Waals surface area contributed by atoms with Crippen LogP contribution >= 0.6 is 0 Å². The fraction of sp³-hybridized carbons (Fsp3) is 0.480. The fourth-order valence-electron chi connectivity index (χ4n) is 4.58. The molecule has 154 valence electrons. The molecule has 29 heavy (non-hydrogen) atoms. The molecule has 2 N–H and O–H groups in total. The molecule has 0 amide bonds. The summed E-state index contributed by atoms with van der Waals surface area (Å²) in [5.74, 6) is 1.43. The highest BCUT2D eigenvalue weighted by atomic mass is 16.5. The third kappa shape index (κ3) is 4.58. The number of aryl methyl sites for hydroxylation is 1. The van der Waals surface area contributed by atoms with Crippen LogP contribution in [0.4, 0.5) is 0 Å². The second kappa shape index (κ2) is 9.34. The van der Waals surface area contributed by atoms with Crippen LogP contribution in [0.5, 0.6) is 0 Å². The highest BCUT2D eigenvalue weighted by Gasteiger charge is 2.21. The van der Waals surface area contributed by atoms with Crippen molar-refractivity contribution in [2.75, 3.05) is 7.11 Å². The highest BCUT2D eigenvalue weighted by molar-refractivity contribution is 6.11. The number of nitrogens with one attached hydrogen (secondary N) is 2. The van der Waals surface area contributed by atoms with Gasteiger partial charge in [0.05, 0.1) is 18.5 Å². The van der Waals surface area contributed by atoms with Crippen molar-refractivity contribution in [1.82, 2.24) is 9.97 Å². The lowest BCUT2D eigenvalue weighted by atomic mass is 9.89. The first-order valence-electron chi connectivity index (χ1n) is 11.2. The molecule has 2 aliphatic rings. The van der Waals surface area contributed by atoms with Gasteiger partial charge in [-0.2, -0.15) is 0 Å². The Balaban J connectivity index is 1.69. The van der Waals surface area contributed by atoms with E-state index < -0.39 is 0 Å². The van der Waals surface area contributed by atoms with Crippen molar-refractivity contribution >= 4 is 11.8 Å². The average molecular weight is 392 g/mol. The molecule has 2 aromatic heterocycles. The van der Waals surface area contributed by atoms with Gasteiger partial charge in [0, 0.05) is 23.7 Å². The van der Waals surface area contributed by atoms with E-state index in [0.717, 1.165) is 29.3 Å². The molecule has 1 aliphatic heterocycles. The quantitative estimate of drug-likeness (QED) is 0.614. The van der Waals surface area contributed by atoms with Gasteiger partial charge in [0.15, 0.2) is 0 Å². The monoisotopic (exact) mass is 391 g/mol. The second-order valence-corrected chi connectivity index (χ2v) is 8.25. The third-order valence-electron chi connectivity index (χ3n) is 6.25. The summed E-state index contributed by atoms with van der Waals surface area (Å²) in [5.41, 5.74) is 6.85. The van der Waals surface area contributed by atoms with Crippen molar-refractivity contribution in [3.05, 3.63) is 64.6 Å². The van der Waals surface area contributed by atoms with E-state index >= 15 is 0 Å². The normalized spacial score (nSPS) is 22.0. The molecular formula is C25H33N3O. The summed E-state index contributed by atoms with van der Waals surface area (Å²) < 4.78 is 5.65. The Morgan fingerprint density at radius 2 is 2.00 bits per heavy atom. The van der Waals surface area contributed by atoms with E-state index in [9.17, 15) is 0 Å². The van der Waals surface area contributed by atoms with Crippen LogP contribution in [-0.4, -0.2) is 22.8 Å². The van der Waals surface area contributed by atoms with E-state index in [-0.39, 0.29) is 0 Å². The molecule has 3 heterocycles. The number of rotatable bonds is 4. The maximum atomic E-state index is 5.65. The van der Waals surface area contributed by atoms with Crippen molar-refractivity contribution in [2.45, 2.75) is 70.6 Å². The molecule has 1 atom stereocenters. The molecule has 4 rings (SSSR count). The Kier molecular flexibility index (Phi) is 6.38. The maximum absolute atomic E-state index is 5.65. The van der Waals surface area contributed by atoms with Gasteiger partial charge in [0.2, 0.25) is 0 Å². The lowest BCUT2D eigenvalue weighted by molar-refractivity contribution is 0.303. The van der Waals surface area contributed by atoms with Crippen LogP contribution in [-0.2, 0) is 11.2 Å². The molecular weight excluding hydrogens is 358 g/mol. The van der Waals surface area contributed by atoms with E-state index in [1.807, 2.05) is 24.4 Å². The molecule has 2 aromatic rings. The number of fused-ring (bicyclic) bond motifs is 2. The molecule has 4 heteroatoms. The van der Waals surface area contributed by atoms with Crippen LogP contribution in [0.3, 0.4) is 0 Å². The number of ether oxygens (including phenoxy) is 1. The highest BCUT2D eigenvalue weighted by Crippen LogP contribution is 2.33. The molecule has 0 unspecified atom stereocenters. The Hall–Kier alpha value is -2.49. The first-order valence-corrected chi connectivity index (χ1v) is 11.2. The smallest absolute Gasteiger partial charge is 0.146 e. The summed E-state index contributed by atoms with van der Waals surface area (Å²) in [6.07, 6.45) is 17.8. The van der Waals surface area contributed by atoms with Gasteiger partial charge in [0.1, 0.15) is 11.5 Å². The summed E-state index contributed by atoms with van der Waals surface area (Å²) in [7, 11) is 1.72. The topological polar surface area (TPSA) is 53.2 Å². The Morgan fingerprint density at radius 3 is 2.76 bits per heavy atom. The number of hydrogen-bond donors (Lipinski definition) is 2. The number of H-pyrrole nitrogens is 2. The molecule has 1 aliphatic carbocycles. The zero-order valence-corrected chi connectivity index (χ0v) is 17.8. The second-order valence-electron chi connectivity index (χ2n) is 8.25. The Morgan fingerprint density at radius 1 is 1.17 bits per heavy atom. The molecule has 0 saturated heterocycles. The van der Waals surface area contributed by atoms with Crippen molar-refractivity contribution < 1.29 is 4.74 Å². The number of hydrogen-bond acceptors (Lipinski definition) is 2. The third-order valence-corrected chi connectivity index (χ3v) is 6.25. The van der Waals surface area contributed by atoms with Gasteiger partial charge in [-0.3, -0.25) is 0 Å². The van der Waals surface area contributed by atoms with E-state index in [0.29, 0.717) is 5.92 Å². The largest absolute Gasteiger partial charge is 0.494 e. The summed E-state index contributed by atoms with van der Waals surface area (Å²) in [5, 5.41) is 0. The molecule has 0 spiro atoms. The zero-order chi connectivity index (χ0) is 20.1. The molecule has 2 bridgehead atoms. The van der Waals surface area contributed by atoms with E-state index in [1.165, 1.54) is 68.3 Å². The molecule has 0 aromatic carbocycles. The number of nitrogens with zero attached hydrogens (tertiary/aromatic N) is 1. The van der Waals surface area contributed by atoms with Crippen molar-refractivity contribution in [1.29, 1.82) is 0 Å². The maximum Gasteiger partial charge on any atom is 0.146 e. The fourth-order valence-corrected chi connectivity index (χ4v) is 4.58. The standard InChI is InChI=1S/C25H33N3O/c1-3-18-11-8-6-4-5-7-9-12-19-15-20(18)22(27-19)16-24-25(29-2)17-23(28-24)21-13-10-14-26-21/h10,13-18,26-27H,3-9,11-12H2,1-2H3/b24-16-/t18-/m1/s1. The summed E-state index contributed by atoms with van der Waals surface area (Å²) in [6.45, 7) is 2.32.